The van der Waals surface area contributed by atoms with Gasteiger partial charge < -0.3 is 35.1 Å². The molecule has 0 bridgehead atoms. The first-order valence-corrected chi connectivity index (χ1v) is 17.6. The van der Waals surface area contributed by atoms with Crippen molar-refractivity contribution in [3.05, 3.63) is 73.3 Å². The topological polar surface area (TPSA) is 188 Å². The van der Waals surface area contributed by atoms with Gasteiger partial charge in [-0.15, -0.1) is 23.1 Å². The van der Waals surface area contributed by atoms with Crippen LogP contribution >= 0.6 is 23.1 Å². The molecular weight excluding hydrogens is 701 g/mol. The number of aromatic carboxylic acids is 1. The van der Waals surface area contributed by atoms with Crippen molar-refractivity contribution < 1.29 is 47.7 Å². The Bertz CT molecular complexity index is 2050. The number of carbonyl (C=O) groups is 5. The van der Waals surface area contributed by atoms with Crippen molar-refractivity contribution in [2.24, 2.45) is 0 Å². The molecule has 4 N–H and O–H groups in total. The highest BCUT2D eigenvalue weighted by atomic mass is 32.2. The van der Waals surface area contributed by atoms with E-state index in [1.54, 1.807) is 6.07 Å². The second-order valence-corrected chi connectivity index (χ2v) is 14.5. The molecule has 3 aliphatic heterocycles. The highest BCUT2D eigenvalue weighted by molar-refractivity contribution is 8.00. The number of thiophene rings is 1. The van der Waals surface area contributed by atoms with Crippen LogP contribution in [0, 0.1) is 11.6 Å². The zero-order valence-electron chi connectivity index (χ0n) is 26.0. The van der Waals surface area contributed by atoms with Crippen molar-refractivity contribution in [2.75, 3.05) is 30.3 Å². The maximum Gasteiger partial charge on any atom is 0.407 e. The third-order valence-electron chi connectivity index (χ3n) is 9.04. The van der Waals surface area contributed by atoms with Crippen LogP contribution in [0.5, 0.6) is 0 Å². The van der Waals surface area contributed by atoms with Gasteiger partial charge in [-0.3, -0.25) is 19.3 Å². The number of pyridine rings is 1. The van der Waals surface area contributed by atoms with Crippen molar-refractivity contribution in [2.45, 2.75) is 49.2 Å². The number of halogens is 2. The van der Waals surface area contributed by atoms with Crippen LogP contribution in [0.15, 0.2) is 45.8 Å². The SMILES string of the molecule is O=C(Cc1cccs1)NC1C(=O)N2C(C(=O)O)=C(COC(=O)NC3CCN(c4c(F)cc5c(=O)c(C(=O)O)cn(C6CC6)c5c4F)C3)CSC12. The van der Waals surface area contributed by atoms with Gasteiger partial charge in [0.15, 0.2) is 5.82 Å². The Balaban J connectivity index is 0.994. The standard InChI is InChI=1S/C32H29F2N5O9S2/c33-20-9-18-25(38(16-3-4-16)11-19(27(18)41)30(43)44)22(34)26(20)37-6-5-15(10-37)35-32(47)48-12-14-13-50-29-23(28(42)39(29)24(14)31(45)46)36-21(40)8-17-2-1-7-49-17/h1-2,7,9,11,15-16,23,29H,3-6,8,10,12-13H2,(H,35,47)(H,36,40)(H,43,44)(H,45,46). The van der Waals surface area contributed by atoms with E-state index in [1.807, 2.05) is 11.4 Å². The molecule has 0 radical (unpaired) electrons. The highest BCUT2D eigenvalue weighted by Gasteiger charge is 2.54. The number of ether oxygens (including phenoxy) is 1. The number of hydrogen-bond donors (Lipinski definition) is 4. The first-order valence-electron chi connectivity index (χ1n) is 15.6. The van der Waals surface area contributed by atoms with Gasteiger partial charge in [0.05, 0.1) is 23.4 Å². The molecule has 3 aromatic rings. The lowest BCUT2D eigenvalue weighted by Crippen LogP contribution is -2.70. The molecule has 3 fully saturated rings. The smallest absolute Gasteiger partial charge is 0.407 e. The first-order chi connectivity index (χ1) is 23.9. The number of rotatable bonds is 10. The number of aromatic nitrogens is 1. The van der Waals surface area contributed by atoms with Crippen LogP contribution in [0.25, 0.3) is 10.9 Å². The van der Waals surface area contributed by atoms with Crippen LogP contribution in [0.1, 0.15) is 40.5 Å². The van der Waals surface area contributed by atoms with Crippen LogP contribution in [0.3, 0.4) is 0 Å². The summed E-state index contributed by atoms with van der Waals surface area (Å²) in [6.45, 7) is -0.314. The first kappa shape index (κ1) is 33.5. The Morgan fingerprint density at radius 2 is 1.84 bits per heavy atom. The molecule has 7 rings (SSSR count). The number of nitrogens with zero attached hydrogens (tertiary/aromatic N) is 3. The van der Waals surface area contributed by atoms with Gasteiger partial charge in [0.25, 0.3) is 5.91 Å². The van der Waals surface area contributed by atoms with Gasteiger partial charge in [-0.1, -0.05) is 6.07 Å². The summed E-state index contributed by atoms with van der Waals surface area (Å²) < 4.78 is 38.1. The van der Waals surface area contributed by atoms with Gasteiger partial charge in [0.2, 0.25) is 11.3 Å². The number of benzene rings is 1. The average Bonchev–Trinajstić information content (AvgIpc) is 3.60. The molecule has 3 amide bonds. The van der Waals surface area contributed by atoms with Gasteiger partial charge in [0.1, 0.15) is 40.8 Å². The number of thioether (sulfide) groups is 1. The number of β-lactam (4-membered cyclic amide) rings is 1. The molecule has 3 unspecified atom stereocenters. The summed E-state index contributed by atoms with van der Waals surface area (Å²) in [6, 6.07) is 2.73. The van der Waals surface area contributed by atoms with Crippen molar-refractivity contribution in [3.8, 4) is 0 Å². The summed E-state index contributed by atoms with van der Waals surface area (Å²) >= 11 is 2.64. The summed E-state index contributed by atoms with van der Waals surface area (Å²) in [5.74, 6) is -5.76. The monoisotopic (exact) mass is 729 g/mol. The lowest BCUT2D eigenvalue weighted by Gasteiger charge is -2.49. The zero-order chi connectivity index (χ0) is 35.4. The van der Waals surface area contributed by atoms with E-state index in [0.29, 0.717) is 12.8 Å². The maximum absolute atomic E-state index is 16.0. The lowest BCUT2D eigenvalue weighted by atomic mass is 10.0. The van der Waals surface area contributed by atoms with Crippen LogP contribution in [-0.4, -0.2) is 92.4 Å². The highest BCUT2D eigenvalue weighted by Crippen LogP contribution is 2.41. The molecule has 0 spiro atoms. The van der Waals surface area contributed by atoms with Crippen LogP contribution in [0.4, 0.5) is 19.3 Å². The fourth-order valence-electron chi connectivity index (χ4n) is 6.55. The fourth-order valence-corrected chi connectivity index (χ4v) is 8.58. The Hall–Kier alpha value is -4.97. The van der Waals surface area contributed by atoms with E-state index in [-0.39, 0.29) is 65.8 Å². The summed E-state index contributed by atoms with van der Waals surface area (Å²) in [5, 5.41) is 25.5. The normalized spacial score (nSPS) is 21.6. The van der Waals surface area contributed by atoms with Crippen molar-refractivity contribution in [1.82, 2.24) is 20.1 Å². The molecule has 1 saturated carbocycles. The molecule has 262 valence electrons. The minimum absolute atomic E-state index is 0.0161. The largest absolute Gasteiger partial charge is 0.477 e. The maximum atomic E-state index is 16.0. The number of carboxylic acids is 2. The Kier molecular flexibility index (Phi) is 8.75. The molecule has 50 heavy (non-hydrogen) atoms. The number of anilines is 1. The zero-order valence-corrected chi connectivity index (χ0v) is 27.7. The van der Waals surface area contributed by atoms with Gasteiger partial charge in [-0.25, -0.2) is 23.2 Å². The number of carboxylic acid groups (broad SMARTS) is 2. The molecule has 3 atom stereocenters. The summed E-state index contributed by atoms with van der Waals surface area (Å²) in [7, 11) is 0. The van der Waals surface area contributed by atoms with E-state index in [2.05, 4.69) is 10.6 Å². The van der Waals surface area contributed by atoms with E-state index >= 15 is 8.78 Å². The fraction of sp³-hybridized carbons (Fsp3) is 0.375. The molecule has 18 heteroatoms. The predicted molar refractivity (Wildman–Crippen MR) is 176 cm³/mol. The van der Waals surface area contributed by atoms with Crippen molar-refractivity contribution in [3.63, 3.8) is 0 Å². The molecule has 2 saturated heterocycles. The second kappa shape index (κ2) is 13.1. The van der Waals surface area contributed by atoms with E-state index in [1.165, 1.54) is 32.6 Å². The molecule has 1 aromatic carbocycles. The number of nitrogens with one attached hydrogen (secondary N) is 2. The quantitative estimate of drug-likeness (QED) is 0.225. The number of fused-ring (bicyclic) bond motifs is 2. The Morgan fingerprint density at radius 1 is 1.06 bits per heavy atom. The van der Waals surface area contributed by atoms with Gasteiger partial charge in [0, 0.05) is 41.5 Å². The Morgan fingerprint density at radius 3 is 2.52 bits per heavy atom. The van der Waals surface area contributed by atoms with Crippen molar-refractivity contribution >= 4 is 69.5 Å². The van der Waals surface area contributed by atoms with Crippen LogP contribution in [-0.2, 0) is 25.5 Å². The summed E-state index contributed by atoms with van der Waals surface area (Å²) in [5.41, 5.74) is -2.28. The minimum Gasteiger partial charge on any atom is -0.477 e. The van der Waals surface area contributed by atoms with Gasteiger partial charge in [-0.2, -0.15) is 0 Å². The number of alkyl carbamates (subject to hydrolysis) is 1. The number of hydrogen-bond acceptors (Lipinski definition) is 10. The summed E-state index contributed by atoms with van der Waals surface area (Å²) in [4.78, 5) is 78.0. The molecule has 2 aromatic heterocycles. The minimum atomic E-state index is -1.49. The van der Waals surface area contributed by atoms with E-state index in [0.717, 1.165) is 22.0 Å². The number of carbonyl (C=O) groups excluding carboxylic acids is 3. The van der Waals surface area contributed by atoms with Crippen LogP contribution < -0.4 is 21.0 Å². The summed E-state index contributed by atoms with van der Waals surface area (Å²) in [6.07, 6.45) is 1.86. The predicted octanol–water partition coefficient (Wildman–Crippen LogP) is 2.66. The molecule has 5 heterocycles. The average molecular weight is 730 g/mol. The third-order valence-corrected chi connectivity index (χ3v) is 11.3. The molecular formula is C32H29F2N5O9S2. The van der Waals surface area contributed by atoms with Gasteiger partial charge in [-0.05, 0) is 36.8 Å². The van der Waals surface area contributed by atoms with Crippen LogP contribution in [0.2, 0.25) is 0 Å². The number of amides is 3. The molecule has 1 aliphatic carbocycles. The molecule has 14 nitrogen and oxygen atoms in total. The molecule has 4 aliphatic rings. The Labute approximate surface area is 289 Å². The third kappa shape index (κ3) is 6.06. The van der Waals surface area contributed by atoms with E-state index in [4.69, 9.17) is 4.74 Å². The van der Waals surface area contributed by atoms with Gasteiger partial charge >= 0.3 is 18.0 Å². The second-order valence-electron chi connectivity index (χ2n) is 12.4. The lowest BCUT2D eigenvalue weighted by molar-refractivity contribution is -0.150. The van der Waals surface area contributed by atoms with E-state index < -0.39 is 76.3 Å². The number of aliphatic carboxylic acids is 1. The van der Waals surface area contributed by atoms with E-state index in [9.17, 15) is 39.0 Å². The van der Waals surface area contributed by atoms with Crippen molar-refractivity contribution in [1.29, 1.82) is 0 Å².